The zero-order chi connectivity index (χ0) is 18.7. The van der Waals surface area contributed by atoms with Crippen LogP contribution in [0.25, 0.3) is 0 Å². The first-order valence-corrected chi connectivity index (χ1v) is 8.20. The molecule has 0 atom stereocenters. The summed E-state index contributed by atoms with van der Waals surface area (Å²) in [6, 6.07) is 4.88. The van der Waals surface area contributed by atoms with Crippen LogP contribution in [-0.2, 0) is 0 Å². The number of nitrogens with one attached hydrogen (secondary N) is 1. The number of hydrogen-bond acceptors (Lipinski definition) is 5. The first-order valence-electron chi connectivity index (χ1n) is 8.20. The van der Waals surface area contributed by atoms with Crippen LogP contribution in [0.5, 0.6) is 0 Å². The Labute approximate surface area is 150 Å². The lowest BCUT2D eigenvalue weighted by Gasteiger charge is -2.35. The van der Waals surface area contributed by atoms with E-state index in [0.29, 0.717) is 26.2 Å². The molecule has 1 N–H and O–H groups in total. The molecule has 0 aliphatic carbocycles. The molecule has 0 unspecified atom stereocenters. The standard InChI is InChI=1S/C17H20F2N6O/c1-23(2)13-10-16(22-20-11-13)24-5-7-25(8-6-24)17(26)21-12-3-4-14(18)15(19)9-12/h3-4,9-11H,5-8H2,1-2H3,(H,21,26). The van der Waals surface area contributed by atoms with Crippen molar-refractivity contribution in [2.45, 2.75) is 0 Å². The van der Waals surface area contributed by atoms with Gasteiger partial charge in [0.1, 0.15) is 0 Å². The van der Waals surface area contributed by atoms with E-state index in [4.69, 9.17) is 0 Å². The summed E-state index contributed by atoms with van der Waals surface area (Å²) in [7, 11) is 3.86. The van der Waals surface area contributed by atoms with Crippen LogP contribution in [0.3, 0.4) is 0 Å². The molecule has 2 amide bonds. The quantitative estimate of drug-likeness (QED) is 0.907. The lowest BCUT2D eigenvalue weighted by molar-refractivity contribution is 0.208. The molecule has 0 radical (unpaired) electrons. The number of anilines is 3. The maximum atomic E-state index is 13.2. The van der Waals surface area contributed by atoms with E-state index in [9.17, 15) is 13.6 Å². The minimum Gasteiger partial charge on any atom is -0.376 e. The highest BCUT2D eigenvalue weighted by Gasteiger charge is 2.22. The van der Waals surface area contributed by atoms with Gasteiger partial charge in [-0.15, -0.1) is 5.10 Å². The summed E-state index contributed by atoms with van der Waals surface area (Å²) in [6.45, 7) is 2.19. The molecule has 1 aromatic heterocycles. The predicted octanol–water partition coefficient (Wildman–Crippen LogP) is 2.17. The number of amides is 2. The third-order valence-corrected chi connectivity index (χ3v) is 4.21. The summed E-state index contributed by atoms with van der Waals surface area (Å²) in [5, 5.41) is 10.8. The van der Waals surface area contributed by atoms with Gasteiger partial charge in [-0.2, -0.15) is 5.10 Å². The zero-order valence-electron chi connectivity index (χ0n) is 14.6. The third-order valence-electron chi connectivity index (χ3n) is 4.21. The van der Waals surface area contributed by atoms with E-state index in [2.05, 4.69) is 20.4 Å². The predicted molar refractivity (Wildman–Crippen MR) is 95.5 cm³/mol. The highest BCUT2D eigenvalue weighted by atomic mass is 19.2. The van der Waals surface area contributed by atoms with E-state index in [-0.39, 0.29) is 11.7 Å². The van der Waals surface area contributed by atoms with Crippen molar-refractivity contribution >= 4 is 23.2 Å². The van der Waals surface area contributed by atoms with Crippen LogP contribution in [0.15, 0.2) is 30.5 Å². The van der Waals surface area contributed by atoms with Crippen molar-refractivity contribution < 1.29 is 13.6 Å². The number of rotatable bonds is 3. The number of urea groups is 1. The van der Waals surface area contributed by atoms with Crippen LogP contribution in [0.4, 0.5) is 30.8 Å². The van der Waals surface area contributed by atoms with Crippen molar-refractivity contribution in [3.63, 3.8) is 0 Å². The second-order valence-electron chi connectivity index (χ2n) is 6.20. The monoisotopic (exact) mass is 362 g/mol. The van der Waals surface area contributed by atoms with E-state index in [1.165, 1.54) is 6.07 Å². The Morgan fingerprint density at radius 1 is 1.12 bits per heavy atom. The summed E-state index contributed by atoms with van der Waals surface area (Å²) < 4.78 is 26.2. The minimum absolute atomic E-state index is 0.223. The van der Waals surface area contributed by atoms with Crippen LogP contribution in [0.1, 0.15) is 0 Å². The lowest BCUT2D eigenvalue weighted by atomic mass is 10.3. The maximum Gasteiger partial charge on any atom is 0.321 e. The Kier molecular flexibility index (Phi) is 5.15. The molecule has 3 rings (SSSR count). The summed E-state index contributed by atoms with van der Waals surface area (Å²) in [5.41, 5.74) is 1.18. The smallest absolute Gasteiger partial charge is 0.321 e. The van der Waals surface area contributed by atoms with Gasteiger partial charge in [-0.1, -0.05) is 0 Å². The fraction of sp³-hybridized carbons (Fsp3) is 0.353. The largest absolute Gasteiger partial charge is 0.376 e. The lowest BCUT2D eigenvalue weighted by Crippen LogP contribution is -2.50. The molecule has 1 aliphatic rings. The molecule has 26 heavy (non-hydrogen) atoms. The van der Waals surface area contributed by atoms with Crippen LogP contribution >= 0.6 is 0 Å². The SMILES string of the molecule is CN(C)c1cnnc(N2CCN(C(=O)Nc3ccc(F)c(F)c3)CC2)c1. The highest BCUT2D eigenvalue weighted by Crippen LogP contribution is 2.19. The van der Waals surface area contributed by atoms with Gasteiger partial charge in [0.2, 0.25) is 0 Å². The van der Waals surface area contributed by atoms with Gasteiger partial charge in [0.05, 0.1) is 11.9 Å². The topological polar surface area (TPSA) is 64.6 Å². The first-order chi connectivity index (χ1) is 12.4. The number of carbonyl (C=O) groups is 1. The van der Waals surface area contributed by atoms with Gasteiger partial charge < -0.3 is 20.0 Å². The summed E-state index contributed by atoms with van der Waals surface area (Å²) in [4.78, 5) is 17.9. The molecule has 7 nitrogen and oxygen atoms in total. The van der Waals surface area contributed by atoms with Crippen LogP contribution in [0.2, 0.25) is 0 Å². The van der Waals surface area contributed by atoms with Gasteiger partial charge in [-0.05, 0) is 12.1 Å². The summed E-state index contributed by atoms with van der Waals surface area (Å²) in [5.74, 6) is -1.18. The number of halogens is 2. The van der Waals surface area contributed by atoms with Gasteiger partial charge in [-0.25, -0.2) is 13.6 Å². The molecule has 1 fully saturated rings. The Morgan fingerprint density at radius 3 is 2.50 bits per heavy atom. The first kappa shape index (κ1) is 17.8. The van der Waals surface area contributed by atoms with Gasteiger partial charge >= 0.3 is 6.03 Å². The number of carbonyl (C=O) groups excluding carboxylic acids is 1. The Hall–Kier alpha value is -2.97. The molecule has 1 saturated heterocycles. The van der Waals surface area contributed by atoms with Crippen molar-refractivity contribution in [2.75, 3.05) is 55.4 Å². The molecular weight excluding hydrogens is 342 g/mol. The van der Waals surface area contributed by atoms with Crippen LogP contribution in [0, 0.1) is 11.6 Å². The summed E-state index contributed by atoms with van der Waals surface area (Å²) >= 11 is 0. The van der Waals surface area contributed by atoms with Crippen molar-refractivity contribution in [1.29, 1.82) is 0 Å². The van der Waals surface area contributed by atoms with E-state index < -0.39 is 11.6 Å². The number of hydrogen-bond donors (Lipinski definition) is 1. The number of benzene rings is 1. The summed E-state index contributed by atoms with van der Waals surface area (Å²) in [6.07, 6.45) is 1.69. The molecule has 0 spiro atoms. The molecule has 2 aromatic rings. The van der Waals surface area contributed by atoms with Crippen molar-refractivity contribution in [3.8, 4) is 0 Å². The Morgan fingerprint density at radius 2 is 1.85 bits per heavy atom. The number of aromatic nitrogens is 2. The molecule has 2 heterocycles. The van der Waals surface area contributed by atoms with E-state index in [0.717, 1.165) is 23.6 Å². The number of nitrogens with zero attached hydrogens (tertiary/aromatic N) is 5. The molecule has 9 heteroatoms. The minimum atomic E-state index is -0.994. The normalized spacial score (nSPS) is 14.3. The average Bonchev–Trinajstić information content (AvgIpc) is 2.65. The van der Waals surface area contributed by atoms with Crippen LogP contribution in [-0.4, -0.2) is 61.4 Å². The van der Waals surface area contributed by atoms with Gasteiger partial charge in [0.25, 0.3) is 0 Å². The van der Waals surface area contributed by atoms with E-state index >= 15 is 0 Å². The molecule has 0 saturated carbocycles. The van der Waals surface area contributed by atoms with Crippen molar-refractivity contribution in [1.82, 2.24) is 15.1 Å². The van der Waals surface area contributed by atoms with Crippen molar-refractivity contribution in [2.24, 2.45) is 0 Å². The molecule has 1 aliphatic heterocycles. The fourth-order valence-corrected chi connectivity index (χ4v) is 2.66. The number of piperazine rings is 1. The Balaban J connectivity index is 1.58. The molecule has 138 valence electrons. The van der Waals surface area contributed by atoms with Crippen molar-refractivity contribution in [3.05, 3.63) is 42.1 Å². The zero-order valence-corrected chi connectivity index (χ0v) is 14.6. The van der Waals surface area contributed by atoms with E-state index in [1.54, 1.807) is 11.1 Å². The van der Waals surface area contributed by atoms with Gasteiger partial charge in [0.15, 0.2) is 17.5 Å². The maximum absolute atomic E-state index is 13.2. The fourth-order valence-electron chi connectivity index (χ4n) is 2.66. The van der Waals surface area contributed by atoms with Gasteiger partial charge in [-0.3, -0.25) is 0 Å². The van der Waals surface area contributed by atoms with E-state index in [1.807, 2.05) is 25.1 Å². The van der Waals surface area contributed by atoms with Gasteiger partial charge in [0, 0.05) is 58.1 Å². The second kappa shape index (κ2) is 7.51. The molecular formula is C17H20F2N6O. The highest BCUT2D eigenvalue weighted by molar-refractivity contribution is 5.89. The molecule has 0 bridgehead atoms. The molecule has 1 aromatic carbocycles. The third kappa shape index (κ3) is 3.98. The Bertz CT molecular complexity index is 793. The van der Waals surface area contributed by atoms with Crippen LogP contribution < -0.4 is 15.1 Å². The average molecular weight is 362 g/mol. The second-order valence-corrected chi connectivity index (χ2v) is 6.20.